The van der Waals surface area contributed by atoms with Gasteiger partial charge in [0.25, 0.3) is 5.91 Å². The maximum Gasteiger partial charge on any atom is 0.255 e. The lowest BCUT2D eigenvalue weighted by Gasteiger charge is -2.35. The monoisotopic (exact) mass is 440 g/mol. The van der Waals surface area contributed by atoms with Gasteiger partial charge in [-0.3, -0.25) is 4.79 Å². The SMILES string of the molecule is Cc1ccc(-c2ccc(N3CCN(C(=O)c4ccc(Cl)cc4Cl)CC3)nn2)c(C)c1. The van der Waals surface area contributed by atoms with E-state index in [2.05, 4.69) is 47.1 Å². The van der Waals surface area contributed by atoms with Crippen molar-refractivity contribution in [3.63, 3.8) is 0 Å². The van der Waals surface area contributed by atoms with Gasteiger partial charge in [-0.1, -0.05) is 47.0 Å². The van der Waals surface area contributed by atoms with Crippen LogP contribution in [0, 0.1) is 13.8 Å². The molecule has 5 nitrogen and oxygen atoms in total. The molecule has 0 unspecified atom stereocenters. The molecule has 0 bridgehead atoms. The molecule has 1 aliphatic rings. The summed E-state index contributed by atoms with van der Waals surface area (Å²) < 4.78 is 0. The summed E-state index contributed by atoms with van der Waals surface area (Å²) in [5.41, 5.74) is 4.85. The van der Waals surface area contributed by atoms with E-state index in [1.165, 1.54) is 11.1 Å². The van der Waals surface area contributed by atoms with E-state index >= 15 is 0 Å². The normalized spacial score (nSPS) is 14.1. The van der Waals surface area contributed by atoms with Gasteiger partial charge in [-0.25, -0.2) is 0 Å². The van der Waals surface area contributed by atoms with Gasteiger partial charge in [0.1, 0.15) is 0 Å². The first kappa shape index (κ1) is 20.6. The first-order valence-corrected chi connectivity index (χ1v) is 10.6. The molecule has 3 aromatic rings. The van der Waals surface area contributed by atoms with Crippen molar-refractivity contribution in [1.29, 1.82) is 0 Å². The van der Waals surface area contributed by atoms with Crippen molar-refractivity contribution in [2.45, 2.75) is 13.8 Å². The lowest BCUT2D eigenvalue weighted by molar-refractivity contribution is 0.0746. The van der Waals surface area contributed by atoms with Gasteiger partial charge >= 0.3 is 0 Å². The molecule has 0 spiro atoms. The minimum Gasteiger partial charge on any atom is -0.352 e. The van der Waals surface area contributed by atoms with Gasteiger partial charge in [-0.05, 0) is 49.7 Å². The number of piperazine rings is 1. The summed E-state index contributed by atoms with van der Waals surface area (Å²) in [4.78, 5) is 16.7. The number of rotatable bonds is 3. The molecule has 2 heterocycles. The zero-order chi connectivity index (χ0) is 21.3. The maximum absolute atomic E-state index is 12.8. The van der Waals surface area contributed by atoms with Crippen molar-refractivity contribution in [2.24, 2.45) is 0 Å². The second-order valence-corrected chi connectivity index (χ2v) is 8.34. The Morgan fingerprint density at radius 1 is 0.900 bits per heavy atom. The molecule has 4 rings (SSSR count). The van der Waals surface area contributed by atoms with Gasteiger partial charge in [0, 0.05) is 36.8 Å². The molecule has 1 aromatic heterocycles. The van der Waals surface area contributed by atoms with Crippen LogP contribution in [0.2, 0.25) is 10.0 Å². The van der Waals surface area contributed by atoms with E-state index in [1.54, 1.807) is 18.2 Å². The first-order valence-electron chi connectivity index (χ1n) is 9.83. The summed E-state index contributed by atoms with van der Waals surface area (Å²) in [5, 5.41) is 9.76. The van der Waals surface area contributed by atoms with Crippen molar-refractivity contribution < 1.29 is 4.79 Å². The van der Waals surface area contributed by atoms with Crippen LogP contribution in [0.5, 0.6) is 0 Å². The lowest BCUT2D eigenvalue weighted by atomic mass is 10.0. The number of aryl methyl sites for hydroxylation is 2. The molecule has 0 aliphatic carbocycles. The molecule has 1 aliphatic heterocycles. The number of anilines is 1. The highest BCUT2D eigenvalue weighted by Crippen LogP contribution is 2.25. The van der Waals surface area contributed by atoms with Crippen molar-refractivity contribution in [1.82, 2.24) is 15.1 Å². The maximum atomic E-state index is 12.8. The number of benzene rings is 2. The van der Waals surface area contributed by atoms with Crippen LogP contribution in [0.1, 0.15) is 21.5 Å². The molecule has 30 heavy (non-hydrogen) atoms. The fraction of sp³-hybridized carbons (Fsp3) is 0.261. The Kier molecular flexibility index (Phi) is 5.93. The Labute approximate surface area is 186 Å². The smallest absolute Gasteiger partial charge is 0.255 e. The van der Waals surface area contributed by atoms with Gasteiger partial charge in [0.15, 0.2) is 5.82 Å². The van der Waals surface area contributed by atoms with Gasteiger partial charge in [0.2, 0.25) is 0 Å². The summed E-state index contributed by atoms with van der Waals surface area (Å²) >= 11 is 12.1. The quantitative estimate of drug-likeness (QED) is 0.572. The third kappa shape index (κ3) is 4.27. The van der Waals surface area contributed by atoms with Gasteiger partial charge in [-0.15, -0.1) is 10.2 Å². The number of amides is 1. The number of hydrogen-bond donors (Lipinski definition) is 0. The van der Waals surface area contributed by atoms with E-state index in [4.69, 9.17) is 23.2 Å². The fourth-order valence-electron chi connectivity index (χ4n) is 3.71. The van der Waals surface area contributed by atoms with Crippen LogP contribution in [0.15, 0.2) is 48.5 Å². The van der Waals surface area contributed by atoms with Crippen LogP contribution in [0.4, 0.5) is 5.82 Å². The Bertz CT molecular complexity index is 1080. The standard InChI is InChI=1S/C23H22Cl2N4O/c1-15-3-5-18(16(2)13-15)21-7-8-22(27-26-21)28-9-11-29(12-10-28)23(30)19-6-4-17(24)14-20(19)25/h3-8,13-14H,9-12H2,1-2H3. The molecular weight excluding hydrogens is 419 g/mol. The zero-order valence-electron chi connectivity index (χ0n) is 16.9. The Morgan fingerprint density at radius 2 is 1.67 bits per heavy atom. The van der Waals surface area contributed by atoms with Gasteiger partial charge < -0.3 is 9.80 Å². The highest BCUT2D eigenvalue weighted by Gasteiger charge is 2.24. The molecule has 0 N–H and O–H groups in total. The average Bonchev–Trinajstić information content (AvgIpc) is 2.74. The van der Waals surface area contributed by atoms with E-state index in [9.17, 15) is 4.79 Å². The summed E-state index contributed by atoms with van der Waals surface area (Å²) in [5.74, 6) is 0.743. The molecule has 2 aromatic carbocycles. The number of halogens is 2. The minimum absolute atomic E-state index is 0.0763. The third-order valence-electron chi connectivity index (χ3n) is 5.36. The largest absolute Gasteiger partial charge is 0.352 e. The molecule has 0 atom stereocenters. The highest BCUT2D eigenvalue weighted by atomic mass is 35.5. The molecule has 1 saturated heterocycles. The van der Waals surface area contributed by atoms with Crippen LogP contribution in [-0.4, -0.2) is 47.2 Å². The van der Waals surface area contributed by atoms with Crippen LogP contribution < -0.4 is 4.90 Å². The van der Waals surface area contributed by atoms with E-state index < -0.39 is 0 Å². The lowest BCUT2D eigenvalue weighted by Crippen LogP contribution is -2.49. The van der Waals surface area contributed by atoms with Crippen molar-refractivity contribution in [3.05, 3.63) is 75.3 Å². The number of carbonyl (C=O) groups excluding carboxylic acids is 1. The molecule has 0 saturated carbocycles. The van der Waals surface area contributed by atoms with Crippen LogP contribution in [0.3, 0.4) is 0 Å². The van der Waals surface area contributed by atoms with E-state index in [0.29, 0.717) is 41.8 Å². The molecule has 1 amide bonds. The number of nitrogens with zero attached hydrogens (tertiary/aromatic N) is 4. The molecule has 0 radical (unpaired) electrons. The predicted molar refractivity (Wildman–Crippen MR) is 122 cm³/mol. The Morgan fingerprint density at radius 3 is 2.30 bits per heavy atom. The summed E-state index contributed by atoms with van der Waals surface area (Å²) in [6.07, 6.45) is 0. The first-order chi connectivity index (χ1) is 14.4. The van der Waals surface area contributed by atoms with Crippen molar-refractivity contribution in [2.75, 3.05) is 31.1 Å². The average molecular weight is 441 g/mol. The molecular formula is C23H22Cl2N4O. The van der Waals surface area contributed by atoms with Crippen LogP contribution in [-0.2, 0) is 0 Å². The Hall–Kier alpha value is -2.63. The topological polar surface area (TPSA) is 49.3 Å². The summed E-state index contributed by atoms with van der Waals surface area (Å²) in [6, 6.07) is 15.3. The van der Waals surface area contributed by atoms with Gasteiger partial charge in [-0.2, -0.15) is 0 Å². The molecule has 154 valence electrons. The molecule has 1 fully saturated rings. The van der Waals surface area contributed by atoms with Crippen LogP contribution >= 0.6 is 23.2 Å². The van der Waals surface area contributed by atoms with Crippen molar-refractivity contribution >= 4 is 34.9 Å². The van der Waals surface area contributed by atoms with Crippen LogP contribution in [0.25, 0.3) is 11.3 Å². The number of hydrogen-bond acceptors (Lipinski definition) is 4. The second-order valence-electron chi connectivity index (χ2n) is 7.50. The number of carbonyl (C=O) groups is 1. The summed E-state index contributed by atoms with van der Waals surface area (Å²) in [7, 11) is 0. The van der Waals surface area contributed by atoms with E-state index in [-0.39, 0.29) is 5.91 Å². The van der Waals surface area contributed by atoms with E-state index in [0.717, 1.165) is 17.1 Å². The molecule has 7 heteroatoms. The third-order valence-corrected chi connectivity index (χ3v) is 5.91. The minimum atomic E-state index is -0.0763. The fourth-order valence-corrected chi connectivity index (χ4v) is 4.20. The Balaban J connectivity index is 1.42. The van der Waals surface area contributed by atoms with Gasteiger partial charge in [0.05, 0.1) is 16.3 Å². The van der Waals surface area contributed by atoms with Crippen molar-refractivity contribution in [3.8, 4) is 11.3 Å². The highest BCUT2D eigenvalue weighted by molar-refractivity contribution is 6.36. The zero-order valence-corrected chi connectivity index (χ0v) is 18.4. The predicted octanol–water partition coefficient (Wildman–Crippen LogP) is 5.03. The number of aromatic nitrogens is 2. The second kappa shape index (κ2) is 8.62. The van der Waals surface area contributed by atoms with E-state index in [1.807, 2.05) is 17.0 Å². The summed E-state index contributed by atoms with van der Waals surface area (Å²) in [6.45, 7) is 6.73.